The van der Waals surface area contributed by atoms with Gasteiger partial charge in [0.05, 0.1) is 12.7 Å². The molecule has 162 valence electrons. The number of ether oxygens (including phenoxy) is 2. The van der Waals surface area contributed by atoms with Gasteiger partial charge >= 0.3 is 5.97 Å². The van der Waals surface area contributed by atoms with Crippen LogP contribution < -0.4 is 5.32 Å². The summed E-state index contributed by atoms with van der Waals surface area (Å²) >= 11 is 1.21. The van der Waals surface area contributed by atoms with Gasteiger partial charge in [0.15, 0.2) is 12.0 Å². The second-order valence-corrected chi connectivity index (χ2v) is 8.14. The van der Waals surface area contributed by atoms with Crippen LogP contribution in [-0.2, 0) is 19.1 Å². The fourth-order valence-corrected chi connectivity index (χ4v) is 3.90. The van der Waals surface area contributed by atoms with Crippen molar-refractivity contribution in [3.8, 4) is 0 Å². The zero-order chi connectivity index (χ0) is 22.4. The lowest BCUT2D eigenvalue weighted by Crippen LogP contribution is -2.37. The molecule has 0 spiro atoms. The third-order valence-corrected chi connectivity index (χ3v) is 5.70. The largest absolute Gasteiger partial charge is 0.467 e. The first-order valence-corrected chi connectivity index (χ1v) is 11.1. The molecule has 6 nitrogen and oxygen atoms in total. The van der Waals surface area contributed by atoms with Crippen LogP contribution >= 0.6 is 11.8 Å². The summed E-state index contributed by atoms with van der Waals surface area (Å²) in [6.07, 6.45) is -0.388. The van der Waals surface area contributed by atoms with Crippen molar-refractivity contribution >= 4 is 34.2 Å². The number of carbonyl (C=O) groups excluding carboxylic acids is 3. The quantitative estimate of drug-likeness (QED) is 0.619. The second-order valence-electron chi connectivity index (χ2n) is 6.91. The average Bonchev–Trinajstić information content (AvgIpc) is 3.13. The molecule has 0 radical (unpaired) electrons. The minimum atomic E-state index is -0.835. The van der Waals surface area contributed by atoms with Gasteiger partial charge in [-0.05, 0) is 23.8 Å². The number of rotatable bonds is 8. The van der Waals surface area contributed by atoms with E-state index in [1.165, 1.54) is 18.9 Å². The minimum absolute atomic E-state index is 0.0635. The van der Waals surface area contributed by atoms with Crippen molar-refractivity contribution in [2.45, 2.75) is 32.4 Å². The molecule has 0 saturated carbocycles. The third-order valence-electron chi connectivity index (χ3n) is 4.91. The minimum Gasteiger partial charge on any atom is -0.467 e. The molecule has 3 rings (SSSR count). The van der Waals surface area contributed by atoms with Gasteiger partial charge in [0, 0.05) is 11.1 Å². The van der Waals surface area contributed by atoms with E-state index in [0.717, 1.165) is 0 Å². The number of esters is 1. The van der Waals surface area contributed by atoms with Crippen molar-refractivity contribution < 1.29 is 23.9 Å². The van der Waals surface area contributed by atoms with E-state index in [1.807, 2.05) is 44.2 Å². The van der Waals surface area contributed by atoms with Crippen molar-refractivity contribution in [1.29, 1.82) is 0 Å². The van der Waals surface area contributed by atoms with Crippen LogP contribution in [0.1, 0.15) is 47.9 Å². The first kappa shape index (κ1) is 22.6. The number of benzene rings is 2. The summed E-state index contributed by atoms with van der Waals surface area (Å²) in [6, 6.07) is 15.4. The van der Waals surface area contributed by atoms with Crippen molar-refractivity contribution in [1.82, 2.24) is 5.32 Å². The number of hydrogen-bond donors (Lipinski definition) is 1. The Bertz CT molecular complexity index is 1000. The summed E-state index contributed by atoms with van der Waals surface area (Å²) in [5.74, 6) is 0.190. The monoisotopic (exact) mass is 439 g/mol. The lowest BCUT2D eigenvalue weighted by atomic mass is 9.96. The molecule has 0 bridgehead atoms. The number of thioether (sulfide) groups is 1. The van der Waals surface area contributed by atoms with Crippen LogP contribution in [0, 0.1) is 0 Å². The lowest BCUT2D eigenvalue weighted by molar-refractivity contribution is -0.143. The molecule has 1 N–H and O–H groups in total. The van der Waals surface area contributed by atoms with E-state index < -0.39 is 18.1 Å². The topological polar surface area (TPSA) is 81.7 Å². The molecule has 0 saturated heterocycles. The number of methoxy groups -OCH3 is 1. The molecule has 31 heavy (non-hydrogen) atoms. The Kier molecular flexibility index (Phi) is 7.52. The standard InChI is InChI=1S/C24H25NO5S/c1-4-18(23(27)29-3)25-22-19(16-12-9-13-17(14-16)24(28)31-5-2)20(26)21(30-22)15-10-7-6-8-11-15/h6-14,18,21,25H,4-5H2,1-3H3. The molecular weight excluding hydrogens is 414 g/mol. The molecule has 0 aromatic heterocycles. The zero-order valence-electron chi connectivity index (χ0n) is 17.7. The molecule has 0 amide bonds. The fourth-order valence-electron chi connectivity index (χ4n) is 3.34. The van der Waals surface area contributed by atoms with E-state index in [2.05, 4.69) is 5.32 Å². The van der Waals surface area contributed by atoms with Gasteiger partial charge in [-0.2, -0.15) is 0 Å². The smallest absolute Gasteiger partial charge is 0.328 e. The summed E-state index contributed by atoms with van der Waals surface area (Å²) in [6.45, 7) is 3.75. The van der Waals surface area contributed by atoms with Gasteiger partial charge in [-0.3, -0.25) is 9.59 Å². The van der Waals surface area contributed by atoms with Crippen LogP contribution in [0.2, 0.25) is 0 Å². The SMILES string of the molecule is CCSC(=O)c1cccc(C2=C(NC(CC)C(=O)OC)OC(c3ccccc3)C2=O)c1. The normalized spacial score (nSPS) is 16.6. The third kappa shape index (κ3) is 4.99. The Labute approximate surface area is 186 Å². The highest BCUT2D eigenvalue weighted by atomic mass is 32.2. The highest BCUT2D eigenvalue weighted by Crippen LogP contribution is 2.37. The Morgan fingerprint density at radius 3 is 2.52 bits per heavy atom. The van der Waals surface area contributed by atoms with Gasteiger partial charge in [-0.1, -0.05) is 74.1 Å². The Balaban J connectivity index is 2.04. The van der Waals surface area contributed by atoms with Gasteiger partial charge in [-0.15, -0.1) is 0 Å². The number of hydrogen-bond acceptors (Lipinski definition) is 7. The van der Waals surface area contributed by atoms with Gasteiger partial charge in [0.1, 0.15) is 6.04 Å². The molecule has 7 heteroatoms. The fraction of sp³-hybridized carbons (Fsp3) is 0.292. The molecule has 0 aliphatic carbocycles. The summed E-state index contributed by atoms with van der Waals surface area (Å²) in [5, 5.41) is 2.98. The molecular formula is C24H25NO5S. The van der Waals surface area contributed by atoms with Crippen molar-refractivity contribution in [2.75, 3.05) is 12.9 Å². The molecule has 1 aliphatic heterocycles. The van der Waals surface area contributed by atoms with Crippen molar-refractivity contribution in [3.05, 3.63) is 77.2 Å². The number of Topliss-reactive ketones (excluding diaryl/α,β-unsaturated/α-hetero) is 1. The van der Waals surface area contributed by atoms with E-state index in [9.17, 15) is 14.4 Å². The number of nitrogens with one attached hydrogen (secondary N) is 1. The maximum absolute atomic E-state index is 13.4. The van der Waals surface area contributed by atoms with Crippen LogP contribution in [-0.4, -0.2) is 35.8 Å². The summed E-state index contributed by atoms with van der Waals surface area (Å²) in [7, 11) is 1.32. The molecule has 2 atom stereocenters. The summed E-state index contributed by atoms with van der Waals surface area (Å²) in [5.41, 5.74) is 2.09. The van der Waals surface area contributed by atoms with E-state index in [4.69, 9.17) is 9.47 Å². The van der Waals surface area contributed by atoms with Gasteiger partial charge in [0.2, 0.25) is 10.9 Å². The van der Waals surface area contributed by atoms with E-state index in [1.54, 1.807) is 24.3 Å². The molecule has 2 aromatic rings. The zero-order valence-corrected chi connectivity index (χ0v) is 18.5. The number of ketones is 1. The predicted octanol–water partition coefficient (Wildman–Crippen LogP) is 4.13. The van der Waals surface area contributed by atoms with E-state index in [-0.39, 0.29) is 16.8 Å². The number of carbonyl (C=O) groups is 3. The average molecular weight is 440 g/mol. The van der Waals surface area contributed by atoms with Crippen LogP contribution in [0.3, 0.4) is 0 Å². The first-order chi connectivity index (χ1) is 15.0. The summed E-state index contributed by atoms with van der Waals surface area (Å²) < 4.78 is 10.9. The maximum atomic E-state index is 13.4. The molecule has 1 heterocycles. The highest BCUT2D eigenvalue weighted by Gasteiger charge is 2.38. The molecule has 2 aromatic carbocycles. The Morgan fingerprint density at radius 2 is 1.87 bits per heavy atom. The molecule has 2 unspecified atom stereocenters. The van der Waals surface area contributed by atoms with Crippen molar-refractivity contribution in [3.63, 3.8) is 0 Å². The maximum Gasteiger partial charge on any atom is 0.328 e. The summed E-state index contributed by atoms with van der Waals surface area (Å²) in [4.78, 5) is 37.9. The van der Waals surface area contributed by atoms with Crippen LogP contribution in [0.15, 0.2) is 60.5 Å². The van der Waals surface area contributed by atoms with Crippen LogP contribution in [0.4, 0.5) is 0 Å². The predicted molar refractivity (Wildman–Crippen MR) is 120 cm³/mol. The van der Waals surface area contributed by atoms with E-state index >= 15 is 0 Å². The van der Waals surface area contributed by atoms with Gasteiger partial charge < -0.3 is 14.8 Å². The second kappa shape index (κ2) is 10.3. The van der Waals surface area contributed by atoms with Gasteiger partial charge in [0.25, 0.3) is 0 Å². The Morgan fingerprint density at radius 1 is 1.13 bits per heavy atom. The highest BCUT2D eigenvalue weighted by molar-refractivity contribution is 8.14. The molecule has 1 aliphatic rings. The van der Waals surface area contributed by atoms with Crippen LogP contribution in [0.25, 0.3) is 5.57 Å². The molecule has 0 fully saturated rings. The van der Waals surface area contributed by atoms with E-state index in [0.29, 0.717) is 34.4 Å². The van der Waals surface area contributed by atoms with Crippen LogP contribution in [0.5, 0.6) is 0 Å². The first-order valence-electron chi connectivity index (χ1n) is 10.1. The van der Waals surface area contributed by atoms with Crippen molar-refractivity contribution in [2.24, 2.45) is 0 Å². The lowest BCUT2D eigenvalue weighted by Gasteiger charge is -2.18. The van der Waals surface area contributed by atoms with Gasteiger partial charge in [-0.25, -0.2) is 4.79 Å². The Hall–Kier alpha value is -3.06.